The Labute approximate surface area is 124 Å². The van der Waals surface area contributed by atoms with E-state index in [1.165, 1.54) is 23.1 Å². The summed E-state index contributed by atoms with van der Waals surface area (Å²) in [6.07, 6.45) is 4.09. The Morgan fingerprint density at radius 1 is 1.38 bits per heavy atom. The van der Waals surface area contributed by atoms with Crippen LogP contribution in [0.5, 0.6) is 0 Å². The fourth-order valence-electron chi connectivity index (χ4n) is 2.36. The lowest BCUT2D eigenvalue weighted by Gasteiger charge is -2.20. The predicted octanol–water partition coefficient (Wildman–Crippen LogP) is 0.757. The molecule has 3 N–H and O–H groups in total. The zero-order valence-electron chi connectivity index (χ0n) is 11.3. The van der Waals surface area contributed by atoms with Crippen molar-refractivity contribution in [2.24, 2.45) is 5.73 Å². The van der Waals surface area contributed by atoms with Crippen LogP contribution in [0.2, 0.25) is 0 Å². The first-order valence-corrected chi connectivity index (χ1v) is 7.59. The lowest BCUT2D eigenvalue weighted by Crippen LogP contribution is -2.43. The molecule has 1 saturated heterocycles. The Bertz CT molecular complexity index is 615. The van der Waals surface area contributed by atoms with Crippen LogP contribution >= 0.6 is 0 Å². The van der Waals surface area contributed by atoms with E-state index >= 15 is 0 Å². The van der Waals surface area contributed by atoms with Gasteiger partial charge in [0, 0.05) is 12.6 Å². The second kappa shape index (κ2) is 6.64. The lowest BCUT2D eigenvalue weighted by molar-refractivity contribution is -0.133. The van der Waals surface area contributed by atoms with Gasteiger partial charge in [0.15, 0.2) is 11.1 Å². The van der Waals surface area contributed by atoms with E-state index in [1.807, 2.05) is 0 Å². The SMILES string of the molecule is NC(=O)[C@@H]1CCCN1C(=O)/C=C/c1ccccc1S(=O)O. The summed E-state index contributed by atoms with van der Waals surface area (Å²) in [5, 5.41) is 0. The van der Waals surface area contributed by atoms with Gasteiger partial charge in [0.05, 0.1) is 4.90 Å². The minimum Gasteiger partial charge on any atom is -0.368 e. The molecule has 2 amide bonds. The van der Waals surface area contributed by atoms with E-state index in [9.17, 15) is 18.4 Å². The number of primary amides is 1. The van der Waals surface area contributed by atoms with Gasteiger partial charge in [-0.05, 0) is 30.5 Å². The fraction of sp³-hybridized carbons (Fsp3) is 0.286. The molecule has 0 bridgehead atoms. The number of hydrogen-bond donors (Lipinski definition) is 2. The lowest BCUT2D eigenvalue weighted by atomic mass is 10.2. The predicted molar refractivity (Wildman–Crippen MR) is 78.4 cm³/mol. The minimum absolute atomic E-state index is 0.231. The number of carbonyl (C=O) groups is 2. The molecule has 0 radical (unpaired) electrons. The third-order valence-corrected chi connectivity index (χ3v) is 4.12. The number of nitrogens with zero attached hydrogens (tertiary/aromatic N) is 1. The smallest absolute Gasteiger partial charge is 0.247 e. The second-order valence-corrected chi connectivity index (χ2v) is 5.65. The molecule has 21 heavy (non-hydrogen) atoms. The molecule has 1 aliphatic heterocycles. The molecule has 0 spiro atoms. The molecule has 2 atom stereocenters. The van der Waals surface area contributed by atoms with E-state index in [4.69, 9.17) is 5.73 Å². The molecule has 1 fully saturated rings. The molecule has 112 valence electrons. The second-order valence-electron chi connectivity index (χ2n) is 4.71. The van der Waals surface area contributed by atoms with Crippen LogP contribution in [-0.2, 0) is 20.7 Å². The van der Waals surface area contributed by atoms with Crippen LogP contribution in [-0.4, -0.2) is 38.1 Å². The first-order chi connectivity index (χ1) is 10.0. The van der Waals surface area contributed by atoms with Gasteiger partial charge in [-0.1, -0.05) is 18.2 Å². The highest BCUT2D eigenvalue weighted by molar-refractivity contribution is 7.79. The van der Waals surface area contributed by atoms with Crippen molar-refractivity contribution in [3.63, 3.8) is 0 Å². The summed E-state index contributed by atoms with van der Waals surface area (Å²) in [7, 11) is 0. The van der Waals surface area contributed by atoms with Crippen LogP contribution in [0.4, 0.5) is 0 Å². The van der Waals surface area contributed by atoms with E-state index in [2.05, 4.69) is 0 Å². The Balaban J connectivity index is 2.16. The molecule has 1 unspecified atom stereocenters. The van der Waals surface area contributed by atoms with E-state index in [0.717, 1.165) is 6.42 Å². The quantitative estimate of drug-likeness (QED) is 0.633. The van der Waals surface area contributed by atoms with Crippen LogP contribution in [0.3, 0.4) is 0 Å². The van der Waals surface area contributed by atoms with Crippen LogP contribution in [0.25, 0.3) is 6.08 Å². The monoisotopic (exact) mass is 308 g/mol. The fourth-order valence-corrected chi connectivity index (χ4v) is 2.89. The maximum absolute atomic E-state index is 12.1. The Kier molecular flexibility index (Phi) is 4.87. The van der Waals surface area contributed by atoms with E-state index in [0.29, 0.717) is 18.5 Å². The molecular formula is C14H16N2O4S. The van der Waals surface area contributed by atoms with Gasteiger partial charge < -0.3 is 15.2 Å². The van der Waals surface area contributed by atoms with Gasteiger partial charge in [0.1, 0.15) is 6.04 Å². The van der Waals surface area contributed by atoms with Crippen molar-refractivity contribution in [1.29, 1.82) is 0 Å². The zero-order valence-corrected chi connectivity index (χ0v) is 12.1. The summed E-state index contributed by atoms with van der Waals surface area (Å²) in [6, 6.07) is 5.95. The molecule has 0 aliphatic carbocycles. The third kappa shape index (κ3) is 3.56. The maximum atomic E-state index is 12.1. The van der Waals surface area contributed by atoms with E-state index < -0.39 is 23.0 Å². The zero-order chi connectivity index (χ0) is 15.4. The molecule has 1 aliphatic rings. The molecule has 0 saturated carbocycles. The van der Waals surface area contributed by atoms with Crippen LogP contribution in [0.1, 0.15) is 18.4 Å². The molecule has 1 aromatic carbocycles. The van der Waals surface area contributed by atoms with Crippen molar-refractivity contribution in [2.45, 2.75) is 23.8 Å². The number of carbonyl (C=O) groups excluding carboxylic acids is 2. The van der Waals surface area contributed by atoms with Crippen LogP contribution in [0, 0.1) is 0 Å². The molecule has 0 aromatic heterocycles. The Hall–Kier alpha value is -1.99. The number of benzene rings is 1. The first kappa shape index (κ1) is 15.4. The number of amides is 2. The summed E-state index contributed by atoms with van der Waals surface area (Å²) < 4.78 is 20.4. The standard InChI is InChI=1S/C14H16N2O4S/c15-14(18)11-5-3-9-16(11)13(17)8-7-10-4-1-2-6-12(10)21(19)20/h1-2,4,6-8,11H,3,5,9H2,(H2,15,18)(H,19,20)/b8-7+/t11-/m0/s1. The van der Waals surface area contributed by atoms with E-state index in [1.54, 1.807) is 18.2 Å². The summed E-state index contributed by atoms with van der Waals surface area (Å²) in [4.78, 5) is 25.0. The van der Waals surface area contributed by atoms with E-state index in [-0.39, 0.29) is 10.8 Å². The number of likely N-dealkylation sites (tertiary alicyclic amines) is 1. The maximum Gasteiger partial charge on any atom is 0.247 e. The van der Waals surface area contributed by atoms with Crippen molar-refractivity contribution in [3.05, 3.63) is 35.9 Å². The summed E-state index contributed by atoms with van der Waals surface area (Å²) in [6.45, 7) is 0.490. The van der Waals surface area contributed by atoms with Gasteiger partial charge >= 0.3 is 0 Å². The molecule has 1 heterocycles. The highest BCUT2D eigenvalue weighted by Gasteiger charge is 2.31. The Morgan fingerprint density at radius 3 is 2.76 bits per heavy atom. The van der Waals surface area contributed by atoms with Gasteiger partial charge in [-0.25, -0.2) is 4.21 Å². The normalized spacial score (nSPS) is 19.9. The summed E-state index contributed by atoms with van der Waals surface area (Å²) in [5.74, 6) is -0.832. The molecule has 7 heteroatoms. The first-order valence-electron chi connectivity index (χ1n) is 6.48. The molecule has 1 aromatic rings. The summed E-state index contributed by atoms with van der Waals surface area (Å²) in [5.41, 5.74) is 5.75. The van der Waals surface area contributed by atoms with Crippen LogP contribution < -0.4 is 5.73 Å². The number of hydrogen-bond acceptors (Lipinski definition) is 3. The average molecular weight is 308 g/mol. The number of nitrogens with two attached hydrogens (primary N) is 1. The highest BCUT2D eigenvalue weighted by Crippen LogP contribution is 2.18. The highest BCUT2D eigenvalue weighted by atomic mass is 32.2. The number of rotatable bonds is 4. The molecular weight excluding hydrogens is 292 g/mol. The van der Waals surface area contributed by atoms with Crippen LogP contribution in [0.15, 0.2) is 35.2 Å². The van der Waals surface area contributed by atoms with Gasteiger partial charge in [-0.15, -0.1) is 0 Å². The third-order valence-electron chi connectivity index (χ3n) is 3.38. The van der Waals surface area contributed by atoms with Crippen molar-refractivity contribution in [1.82, 2.24) is 4.90 Å². The van der Waals surface area contributed by atoms with Gasteiger partial charge in [-0.3, -0.25) is 9.59 Å². The topological polar surface area (TPSA) is 101 Å². The van der Waals surface area contributed by atoms with Crippen molar-refractivity contribution in [2.75, 3.05) is 6.54 Å². The van der Waals surface area contributed by atoms with Gasteiger partial charge in [-0.2, -0.15) is 0 Å². The van der Waals surface area contributed by atoms with Gasteiger partial charge in [0.2, 0.25) is 11.8 Å². The largest absolute Gasteiger partial charge is 0.368 e. The summed E-state index contributed by atoms with van der Waals surface area (Å²) >= 11 is -2.12. The minimum atomic E-state index is -2.12. The molecule has 6 nitrogen and oxygen atoms in total. The average Bonchev–Trinajstić information content (AvgIpc) is 2.94. The van der Waals surface area contributed by atoms with Crippen molar-refractivity contribution < 1.29 is 18.4 Å². The Morgan fingerprint density at radius 2 is 2.10 bits per heavy atom. The van der Waals surface area contributed by atoms with Crippen molar-refractivity contribution >= 4 is 29.0 Å². The van der Waals surface area contributed by atoms with Gasteiger partial charge in [0.25, 0.3) is 0 Å². The van der Waals surface area contributed by atoms with Crippen molar-refractivity contribution in [3.8, 4) is 0 Å². The molecule has 2 rings (SSSR count).